The molecule has 6 nitrogen and oxygen atoms in total. The van der Waals surface area contributed by atoms with Gasteiger partial charge in [0, 0.05) is 30.1 Å². The Kier molecular flexibility index (Phi) is 8.70. The van der Waals surface area contributed by atoms with E-state index < -0.39 is 5.97 Å². The Bertz CT molecular complexity index is 1020. The summed E-state index contributed by atoms with van der Waals surface area (Å²) < 4.78 is 11.3. The highest BCUT2D eigenvalue weighted by molar-refractivity contribution is 5.94. The van der Waals surface area contributed by atoms with E-state index in [1.807, 2.05) is 79.4 Å². The van der Waals surface area contributed by atoms with Gasteiger partial charge in [0.2, 0.25) is 0 Å². The zero-order valence-electron chi connectivity index (χ0n) is 19.2. The predicted molar refractivity (Wildman–Crippen MR) is 127 cm³/mol. The SMILES string of the molecule is CC(C)N(Cc1cccc(OCCCCCC(=O)O)c1)C(=O)c1ccc(-c2ccco2)cc1. The van der Waals surface area contributed by atoms with Crippen LogP contribution >= 0.6 is 0 Å². The van der Waals surface area contributed by atoms with Gasteiger partial charge in [0.1, 0.15) is 11.5 Å². The summed E-state index contributed by atoms with van der Waals surface area (Å²) >= 11 is 0. The van der Waals surface area contributed by atoms with Gasteiger partial charge in [-0.1, -0.05) is 24.3 Å². The monoisotopic (exact) mass is 449 g/mol. The number of furan rings is 1. The van der Waals surface area contributed by atoms with Crippen molar-refractivity contribution in [1.29, 1.82) is 0 Å². The van der Waals surface area contributed by atoms with Crippen LogP contribution in [0.1, 0.15) is 55.5 Å². The van der Waals surface area contributed by atoms with E-state index in [0.29, 0.717) is 25.1 Å². The topological polar surface area (TPSA) is 80.0 Å². The highest BCUT2D eigenvalue weighted by Gasteiger charge is 2.19. The first-order chi connectivity index (χ1) is 15.9. The number of unbranched alkanes of at least 4 members (excludes halogenated alkanes) is 2. The second kappa shape index (κ2) is 11.9. The number of carbonyl (C=O) groups is 2. The second-order valence-electron chi connectivity index (χ2n) is 8.28. The number of carbonyl (C=O) groups excluding carboxylic acids is 1. The number of ether oxygens (including phenoxy) is 1. The molecule has 1 N–H and O–H groups in total. The lowest BCUT2D eigenvalue weighted by Gasteiger charge is -2.27. The number of hydrogen-bond donors (Lipinski definition) is 1. The van der Waals surface area contributed by atoms with E-state index in [4.69, 9.17) is 14.3 Å². The molecule has 0 aliphatic heterocycles. The van der Waals surface area contributed by atoms with Gasteiger partial charge in [-0.2, -0.15) is 0 Å². The smallest absolute Gasteiger partial charge is 0.303 e. The van der Waals surface area contributed by atoms with E-state index in [-0.39, 0.29) is 18.4 Å². The minimum absolute atomic E-state index is 0.0271. The Morgan fingerprint density at radius 3 is 2.45 bits per heavy atom. The maximum absolute atomic E-state index is 13.2. The zero-order valence-corrected chi connectivity index (χ0v) is 19.2. The Balaban J connectivity index is 1.59. The third-order valence-electron chi connectivity index (χ3n) is 5.38. The van der Waals surface area contributed by atoms with Gasteiger partial charge in [0.05, 0.1) is 12.9 Å². The van der Waals surface area contributed by atoms with Gasteiger partial charge >= 0.3 is 5.97 Å². The van der Waals surface area contributed by atoms with Gasteiger partial charge < -0.3 is 19.2 Å². The maximum Gasteiger partial charge on any atom is 0.303 e. The lowest BCUT2D eigenvalue weighted by molar-refractivity contribution is -0.137. The first kappa shape index (κ1) is 24.1. The molecule has 0 aliphatic rings. The average molecular weight is 450 g/mol. The van der Waals surface area contributed by atoms with Crippen LogP contribution in [0.5, 0.6) is 5.75 Å². The van der Waals surface area contributed by atoms with Crippen molar-refractivity contribution in [2.45, 2.75) is 52.1 Å². The number of carboxylic acid groups (broad SMARTS) is 1. The maximum atomic E-state index is 13.2. The Hall–Kier alpha value is -3.54. The van der Waals surface area contributed by atoms with Crippen LogP contribution in [0.2, 0.25) is 0 Å². The van der Waals surface area contributed by atoms with Crippen LogP contribution in [0.15, 0.2) is 71.3 Å². The van der Waals surface area contributed by atoms with Crippen molar-refractivity contribution in [3.8, 4) is 17.1 Å². The molecule has 0 spiro atoms. The van der Waals surface area contributed by atoms with E-state index in [0.717, 1.165) is 35.5 Å². The van der Waals surface area contributed by atoms with Crippen LogP contribution in [-0.4, -0.2) is 34.5 Å². The summed E-state index contributed by atoms with van der Waals surface area (Å²) in [6.07, 6.45) is 4.11. The molecule has 6 heteroatoms. The van der Waals surface area contributed by atoms with E-state index >= 15 is 0 Å². The summed E-state index contributed by atoms with van der Waals surface area (Å²) in [5.74, 6) is 0.736. The predicted octanol–water partition coefficient (Wildman–Crippen LogP) is 6.02. The third-order valence-corrected chi connectivity index (χ3v) is 5.38. The summed E-state index contributed by atoms with van der Waals surface area (Å²) in [6.45, 7) is 5.03. The molecule has 0 fully saturated rings. The van der Waals surface area contributed by atoms with Crippen molar-refractivity contribution in [3.05, 3.63) is 78.1 Å². The normalized spacial score (nSPS) is 10.9. The summed E-state index contributed by atoms with van der Waals surface area (Å²) in [5.41, 5.74) is 2.56. The Morgan fingerprint density at radius 1 is 1.00 bits per heavy atom. The van der Waals surface area contributed by atoms with Gasteiger partial charge in [0.15, 0.2) is 0 Å². The molecule has 3 aromatic rings. The molecule has 0 radical (unpaired) electrons. The molecular formula is C27H31NO5. The first-order valence-electron chi connectivity index (χ1n) is 11.3. The standard InChI is InChI=1S/C27H31NO5/c1-20(2)28(27(31)23-14-12-22(13-15-23)25-10-7-17-33-25)19-21-8-6-9-24(18-21)32-16-5-3-4-11-26(29)30/h6-10,12-15,17-18,20H,3-5,11,16,19H2,1-2H3,(H,29,30). The number of benzene rings is 2. The molecule has 0 bridgehead atoms. The number of amides is 1. The Morgan fingerprint density at radius 2 is 1.79 bits per heavy atom. The van der Waals surface area contributed by atoms with Crippen molar-refractivity contribution in [1.82, 2.24) is 4.90 Å². The zero-order chi connectivity index (χ0) is 23.6. The number of aliphatic carboxylic acids is 1. The van der Waals surface area contributed by atoms with Crippen LogP contribution < -0.4 is 4.74 Å². The molecule has 0 aliphatic carbocycles. The fourth-order valence-electron chi connectivity index (χ4n) is 3.55. The van der Waals surface area contributed by atoms with Gasteiger partial charge in [-0.15, -0.1) is 0 Å². The van der Waals surface area contributed by atoms with E-state index in [9.17, 15) is 9.59 Å². The lowest BCUT2D eigenvalue weighted by Crippen LogP contribution is -2.36. The fraction of sp³-hybridized carbons (Fsp3) is 0.333. The number of carboxylic acids is 1. The van der Waals surface area contributed by atoms with Crippen molar-refractivity contribution >= 4 is 11.9 Å². The van der Waals surface area contributed by atoms with E-state index in [1.165, 1.54) is 0 Å². The van der Waals surface area contributed by atoms with Crippen LogP contribution in [-0.2, 0) is 11.3 Å². The summed E-state index contributed by atoms with van der Waals surface area (Å²) in [6, 6.07) is 19.0. The fourth-order valence-corrected chi connectivity index (χ4v) is 3.55. The summed E-state index contributed by atoms with van der Waals surface area (Å²) in [5, 5.41) is 8.69. The lowest BCUT2D eigenvalue weighted by atomic mass is 10.1. The molecule has 33 heavy (non-hydrogen) atoms. The largest absolute Gasteiger partial charge is 0.494 e. The first-order valence-corrected chi connectivity index (χ1v) is 11.3. The molecule has 1 amide bonds. The highest BCUT2D eigenvalue weighted by Crippen LogP contribution is 2.22. The van der Waals surface area contributed by atoms with Crippen LogP contribution in [0.3, 0.4) is 0 Å². The average Bonchev–Trinajstić information content (AvgIpc) is 3.34. The summed E-state index contributed by atoms with van der Waals surface area (Å²) in [7, 11) is 0. The van der Waals surface area contributed by atoms with Crippen molar-refractivity contribution in [3.63, 3.8) is 0 Å². The molecule has 1 aromatic heterocycles. The number of rotatable bonds is 12. The Labute approximate surface area is 194 Å². The third kappa shape index (κ3) is 7.24. The quantitative estimate of drug-likeness (QED) is 0.342. The number of nitrogens with zero attached hydrogens (tertiary/aromatic N) is 1. The van der Waals surface area contributed by atoms with Crippen LogP contribution in [0.25, 0.3) is 11.3 Å². The van der Waals surface area contributed by atoms with Gasteiger partial charge in [-0.25, -0.2) is 0 Å². The minimum atomic E-state index is -0.763. The second-order valence-corrected chi connectivity index (χ2v) is 8.28. The molecule has 1 heterocycles. The highest BCUT2D eigenvalue weighted by atomic mass is 16.5. The van der Waals surface area contributed by atoms with Crippen molar-refractivity contribution in [2.75, 3.05) is 6.61 Å². The molecular weight excluding hydrogens is 418 g/mol. The molecule has 0 saturated heterocycles. The van der Waals surface area contributed by atoms with Crippen LogP contribution in [0, 0.1) is 0 Å². The van der Waals surface area contributed by atoms with E-state index in [2.05, 4.69) is 0 Å². The molecule has 2 aromatic carbocycles. The van der Waals surface area contributed by atoms with Gasteiger partial charge in [0.25, 0.3) is 5.91 Å². The van der Waals surface area contributed by atoms with Crippen molar-refractivity contribution < 1.29 is 23.8 Å². The molecule has 0 unspecified atom stereocenters. The van der Waals surface area contributed by atoms with Gasteiger partial charge in [-0.05, 0) is 75.1 Å². The van der Waals surface area contributed by atoms with Gasteiger partial charge in [-0.3, -0.25) is 9.59 Å². The molecule has 0 saturated carbocycles. The molecule has 0 atom stereocenters. The molecule has 174 valence electrons. The minimum Gasteiger partial charge on any atom is -0.494 e. The number of hydrogen-bond acceptors (Lipinski definition) is 4. The van der Waals surface area contributed by atoms with E-state index in [1.54, 1.807) is 6.26 Å². The summed E-state index contributed by atoms with van der Waals surface area (Å²) in [4.78, 5) is 25.6. The molecule has 3 rings (SSSR count). The van der Waals surface area contributed by atoms with Crippen LogP contribution in [0.4, 0.5) is 0 Å². The van der Waals surface area contributed by atoms with Crippen molar-refractivity contribution in [2.24, 2.45) is 0 Å².